The molecule has 0 aliphatic carbocycles. The predicted octanol–water partition coefficient (Wildman–Crippen LogP) is 1.58. The van der Waals surface area contributed by atoms with Crippen molar-refractivity contribution in [2.45, 2.75) is 20.4 Å². The van der Waals surface area contributed by atoms with Gasteiger partial charge in [-0.05, 0) is 32.0 Å². The molecule has 0 fully saturated rings. The minimum atomic E-state index is -0.512. The van der Waals surface area contributed by atoms with Crippen LogP contribution >= 0.6 is 0 Å². The fourth-order valence-electron chi connectivity index (χ4n) is 2.41. The molecule has 2 heterocycles. The van der Waals surface area contributed by atoms with Crippen LogP contribution < -0.4 is 5.32 Å². The van der Waals surface area contributed by atoms with Gasteiger partial charge in [-0.1, -0.05) is 0 Å². The molecule has 1 amide bonds. The number of nitrogens with zero attached hydrogens (tertiary/aromatic N) is 5. The van der Waals surface area contributed by atoms with E-state index < -0.39 is 4.92 Å². The van der Waals surface area contributed by atoms with Crippen molar-refractivity contribution in [2.75, 3.05) is 0 Å². The Morgan fingerprint density at radius 3 is 2.62 bits per heavy atom. The average molecular weight is 326 g/mol. The smallest absolute Gasteiger partial charge is 0.269 e. The summed E-state index contributed by atoms with van der Waals surface area (Å²) in [5.41, 5.74) is 2.03. The third kappa shape index (κ3) is 2.91. The van der Waals surface area contributed by atoms with E-state index in [1.807, 2.05) is 19.9 Å². The maximum Gasteiger partial charge on any atom is 0.269 e. The first-order valence-electron chi connectivity index (χ1n) is 7.16. The van der Waals surface area contributed by atoms with Crippen LogP contribution in [0.4, 0.5) is 5.69 Å². The van der Waals surface area contributed by atoms with Crippen molar-refractivity contribution in [2.24, 2.45) is 0 Å². The lowest BCUT2D eigenvalue weighted by Gasteiger charge is -2.06. The molecule has 0 spiro atoms. The van der Waals surface area contributed by atoms with Crippen LogP contribution in [0.1, 0.15) is 27.6 Å². The van der Waals surface area contributed by atoms with Crippen molar-refractivity contribution in [1.82, 2.24) is 24.9 Å². The quantitative estimate of drug-likeness (QED) is 0.575. The molecule has 1 N–H and O–H groups in total. The van der Waals surface area contributed by atoms with Gasteiger partial charge >= 0.3 is 0 Å². The van der Waals surface area contributed by atoms with E-state index in [4.69, 9.17) is 0 Å². The number of rotatable bonds is 4. The number of non-ortho nitro benzene ring substituents is 1. The van der Waals surface area contributed by atoms with Gasteiger partial charge in [0.15, 0.2) is 5.82 Å². The molecular weight excluding hydrogens is 312 g/mol. The second kappa shape index (κ2) is 6.03. The number of amides is 1. The number of hydrogen-bond donors (Lipinski definition) is 1. The Hall–Kier alpha value is -3.36. The molecule has 3 aromatic rings. The normalized spacial score (nSPS) is 10.8. The van der Waals surface area contributed by atoms with Crippen LogP contribution in [0.15, 0.2) is 30.3 Å². The molecule has 9 nitrogen and oxygen atoms in total. The Morgan fingerprint density at radius 1 is 1.25 bits per heavy atom. The molecule has 0 unspecified atom stereocenters. The average Bonchev–Trinajstić information content (AvgIpc) is 2.95. The number of aryl methyl sites for hydroxylation is 2. The molecule has 0 saturated heterocycles. The number of hydrogen-bond acceptors (Lipinski definition) is 6. The zero-order chi connectivity index (χ0) is 17.3. The Kier molecular flexibility index (Phi) is 3.90. The highest BCUT2D eigenvalue weighted by atomic mass is 16.6. The zero-order valence-electron chi connectivity index (χ0n) is 13.1. The minimum absolute atomic E-state index is 0.0629. The molecule has 0 saturated carbocycles. The number of aromatic nitrogens is 4. The van der Waals surface area contributed by atoms with Gasteiger partial charge in [0.1, 0.15) is 0 Å². The number of nitro groups is 1. The van der Waals surface area contributed by atoms with Crippen LogP contribution in [0, 0.1) is 24.0 Å². The summed E-state index contributed by atoms with van der Waals surface area (Å²) in [6, 6.07) is 7.30. The zero-order valence-corrected chi connectivity index (χ0v) is 13.1. The van der Waals surface area contributed by atoms with E-state index in [9.17, 15) is 14.9 Å². The summed E-state index contributed by atoms with van der Waals surface area (Å²) in [5, 5.41) is 21.4. The van der Waals surface area contributed by atoms with Gasteiger partial charge in [0.05, 0.1) is 11.5 Å². The van der Waals surface area contributed by atoms with E-state index in [1.165, 1.54) is 24.3 Å². The van der Waals surface area contributed by atoms with Crippen molar-refractivity contribution in [3.8, 4) is 0 Å². The van der Waals surface area contributed by atoms with Crippen LogP contribution in [0.25, 0.3) is 5.78 Å². The lowest BCUT2D eigenvalue weighted by atomic mass is 10.2. The summed E-state index contributed by atoms with van der Waals surface area (Å²) in [4.78, 5) is 26.5. The van der Waals surface area contributed by atoms with Gasteiger partial charge in [0, 0.05) is 29.1 Å². The summed E-state index contributed by atoms with van der Waals surface area (Å²) >= 11 is 0. The first kappa shape index (κ1) is 15.5. The second-order valence-corrected chi connectivity index (χ2v) is 5.28. The van der Waals surface area contributed by atoms with Crippen LogP contribution in [0.2, 0.25) is 0 Å². The third-order valence-electron chi connectivity index (χ3n) is 3.51. The molecule has 0 aliphatic rings. The number of fused-ring (bicyclic) bond motifs is 1. The van der Waals surface area contributed by atoms with E-state index in [-0.39, 0.29) is 18.1 Å². The largest absolute Gasteiger partial charge is 0.345 e. The number of nitrogens with one attached hydrogen (secondary N) is 1. The Bertz CT molecular complexity index is 932. The second-order valence-electron chi connectivity index (χ2n) is 5.28. The van der Waals surface area contributed by atoms with E-state index in [0.717, 1.165) is 11.4 Å². The molecule has 9 heteroatoms. The molecule has 1 aromatic carbocycles. The summed E-state index contributed by atoms with van der Waals surface area (Å²) in [6.07, 6.45) is 0. The van der Waals surface area contributed by atoms with E-state index in [1.54, 1.807) is 4.40 Å². The van der Waals surface area contributed by atoms with Gasteiger partial charge < -0.3 is 5.32 Å². The first-order valence-corrected chi connectivity index (χ1v) is 7.16. The van der Waals surface area contributed by atoms with E-state index in [0.29, 0.717) is 17.2 Å². The minimum Gasteiger partial charge on any atom is -0.345 e. The maximum absolute atomic E-state index is 12.1. The molecule has 24 heavy (non-hydrogen) atoms. The molecule has 0 radical (unpaired) electrons. The number of carbonyl (C=O) groups excluding carboxylic acids is 1. The lowest BCUT2D eigenvalue weighted by molar-refractivity contribution is -0.384. The summed E-state index contributed by atoms with van der Waals surface area (Å²) in [6.45, 7) is 3.95. The van der Waals surface area contributed by atoms with Gasteiger partial charge in [-0.25, -0.2) is 4.98 Å². The number of nitro benzene ring substituents is 1. The third-order valence-corrected chi connectivity index (χ3v) is 3.51. The van der Waals surface area contributed by atoms with Gasteiger partial charge in [0.25, 0.3) is 17.4 Å². The summed E-state index contributed by atoms with van der Waals surface area (Å²) in [5.74, 6) is 0.691. The monoisotopic (exact) mass is 326 g/mol. The molecule has 3 rings (SSSR count). The highest BCUT2D eigenvalue weighted by Gasteiger charge is 2.13. The fraction of sp³-hybridized carbons (Fsp3) is 0.200. The van der Waals surface area contributed by atoms with Crippen LogP contribution in [-0.4, -0.2) is 30.4 Å². The van der Waals surface area contributed by atoms with Crippen molar-refractivity contribution in [3.05, 3.63) is 63.2 Å². The molecule has 122 valence electrons. The molecule has 0 bridgehead atoms. The van der Waals surface area contributed by atoms with Crippen molar-refractivity contribution >= 4 is 17.4 Å². The van der Waals surface area contributed by atoms with Gasteiger partial charge in [-0.2, -0.15) is 0 Å². The molecule has 0 aliphatic heterocycles. The molecular formula is C15H14N6O3. The summed E-state index contributed by atoms with van der Waals surface area (Å²) < 4.78 is 1.77. The van der Waals surface area contributed by atoms with E-state index >= 15 is 0 Å². The predicted molar refractivity (Wildman–Crippen MR) is 84.5 cm³/mol. The van der Waals surface area contributed by atoms with E-state index in [2.05, 4.69) is 20.5 Å². The molecule has 0 atom stereocenters. The molecule has 2 aromatic heterocycles. The van der Waals surface area contributed by atoms with Gasteiger partial charge in [-0.3, -0.25) is 19.3 Å². The topological polar surface area (TPSA) is 115 Å². The van der Waals surface area contributed by atoms with Crippen LogP contribution in [0.3, 0.4) is 0 Å². The Balaban J connectivity index is 1.76. The van der Waals surface area contributed by atoms with Crippen molar-refractivity contribution in [3.63, 3.8) is 0 Å². The van der Waals surface area contributed by atoms with Crippen LogP contribution in [0.5, 0.6) is 0 Å². The lowest BCUT2D eigenvalue weighted by Crippen LogP contribution is -2.24. The van der Waals surface area contributed by atoms with Crippen molar-refractivity contribution in [1.29, 1.82) is 0 Å². The standard InChI is InChI=1S/C15H14N6O3/c1-9-7-10(2)20-13(18-19-15(20)17-9)8-16-14(22)11-3-5-12(6-4-11)21(23)24/h3-7H,8H2,1-2H3,(H,16,22). The Labute approximate surface area is 136 Å². The van der Waals surface area contributed by atoms with Crippen LogP contribution in [-0.2, 0) is 6.54 Å². The van der Waals surface area contributed by atoms with Crippen molar-refractivity contribution < 1.29 is 9.72 Å². The highest BCUT2D eigenvalue weighted by molar-refractivity contribution is 5.94. The van der Waals surface area contributed by atoms with Gasteiger partial charge in [-0.15, -0.1) is 10.2 Å². The highest BCUT2D eigenvalue weighted by Crippen LogP contribution is 2.12. The Morgan fingerprint density at radius 2 is 1.96 bits per heavy atom. The fourth-order valence-corrected chi connectivity index (χ4v) is 2.41. The number of benzene rings is 1. The number of carbonyl (C=O) groups is 1. The summed E-state index contributed by atoms with van der Waals surface area (Å²) in [7, 11) is 0. The first-order chi connectivity index (χ1) is 11.5. The van der Waals surface area contributed by atoms with Gasteiger partial charge in [0.2, 0.25) is 0 Å². The SMILES string of the molecule is Cc1cc(C)n2c(CNC(=O)c3ccc([N+](=O)[O-])cc3)nnc2n1. The maximum atomic E-state index is 12.1.